The molecule has 1 heterocycles. The molecule has 1 fully saturated rings. The summed E-state index contributed by atoms with van der Waals surface area (Å²) < 4.78 is 5.02. The van der Waals surface area contributed by atoms with Crippen molar-refractivity contribution in [2.24, 2.45) is 0 Å². The molecule has 0 radical (unpaired) electrons. The van der Waals surface area contributed by atoms with Gasteiger partial charge in [0.2, 0.25) is 5.91 Å². The van der Waals surface area contributed by atoms with E-state index < -0.39 is 0 Å². The zero-order valence-electron chi connectivity index (χ0n) is 16.4. The number of carbonyl (C=O) groups excluding carboxylic acids is 2. The third-order valence-electron chi connectivity index (χ3n) is 4.52. The van der Waals surface area contributed by atoms with Crippen molar-refractivity contribution in [1.29, 1.82) is 5.26 Å². The first-order chi connectivity index (χ1) is 12.9. The number of carbonyl (C=O) groups is 2. The molecule has 2 rings (SSSR count). The molecule has 0 saturated carbocycles. The highest BCUT2D eigenvalue weighted by Gasteiger charge is 2.25. The Morgan fingerprint density at radius 1 is 1.15 bits per heavy atom. The SMILES string of the molecule is CCOC(=O)N1CCN(CC(=O)N(CCC#N)c2cc(C)cc(C)c2)CC1. The molecule has 0 spiro atoms. The average molecular weight is 372 g/mol. The summed E-state index contributed by atoms with van der Waals surface area (Å²) in [7, 11) is 0. The van der Waals surface area contributed by atoms with Crippen LogP contribution in [0.25, 0.3) is 0 Å². The second-order valence-corrected chi connectivity index (χ2v) is 6.76. The minimum atomic E-state index is -0.297. The Bertz CT molecular complexity index is 685. The number of nitrogens with zero attached hydrogens (tertiary/aromatic N) is 4. The lowest BCUT2D eigenvalue weighted by Crippen LogP contribution is -2.51. The second-order valence-electron chi connectivity index (χ2n) is 6.76. The lowest BCUT2D eigenvalue weighted by atomic mass is 10.1. The number of piperazine rings is 1. The Morgan fingerprint density at radius 3 is 2.33 bits per heavy atom. The van der Waals surface area contributed by atoms with Gasteiger partial charge in [-0.2, -0.15) is 5.26 Å². The van der Waals surface area contributed by atoms with Crippen molar-refractivity contribution < 1.29 is 14.3 Å². The topological polar surface area (TPSA) is 76.9 Å². The third-order valence-corrected chi connectivity index (χ3v) is 4.52. The normalized spacial score (nSPS) is 14.5. The number of aryl methyl sites for hydroxylation is 2. The van der Waals surface area contributed by atoms with E-state index in [0.29, 0.717) is 39.3 Å². The van der Waals surface area contributed by atoms with E-state index in [0.717, 1.165) is 16.8 Å². The van der Waals surface area contributed by atoms with Gasteiger partial charge in [0.15, 0.2) is 0 Å². The highest BCUT2D eigenvalue weighted by Crippen LogP contribution is 2.20. The summed E-state index contributed by atoms with van der Waals surface area (Å²) >= 11 is 0. The molecular formula is C20H28N4O3. The van der Waals surface area contributed by atoms with Crippen molar-refractivity contribution >= 4 is 17.7 Å². The maximum atomic E-state index is 12.9. The smallest absolute Gasteiger partial charge is 0.409 e. The van der Waals surface area contributed by atoms with Crippen LogP contribution in [0.4, 0.5) is 10.5 Å². The van der Waals surface area contributed by atoms with E-state index in [1.807, 2.05) is 30.9 Å². The van der Waals surface area contributed by atoms with Crippen molar-refractivity contribution in [3.63, 3.8) is 0 Å². The average Bonchev–Trinajstić information content (AvgIpc) is 2.62. The highest BCUT2D eigenvalue weighted by atomic mass is 16.6. The molecule has 27 heavy (non-hydrogen) atoms. The van der Waals surface area contributed by atoms with Crippen molar-refractivity contribution in [3.05, 3.63) is 29.3 Å². The van der Waals surface area contributed by atoms with Gasteiger partial charge in [-0.25, -0.2) is 4.79 Å². The summed E-state index contributed by atoms with van der Waals surface area (Å²) in [4.78, 5) is 30.1. The Hall–Kier alpha value is -2.59. The van der Waals surface area contributed by atoms with Crippen LogP contribution in [0.2, 0.25) is 0 Å². The van der Waals surface area contributed by atoms with E-state index in [-0.39, 0.29) is 25.0 Å². The van der Waals surface area contributed by atoms with Crippen LogP contribution < -0.4 is 4.90 Å². The molecule has 146 valence electrons. The molecule has 0 unspecified atom stereocenters. The number of nitriles is 1. The van der Waals surface area contributed by atoms with Gasteiger partial charge < -0.3 is 14.5 Å². The molecule has 1 saturated heterocycles. The van der Waals surface area contributed by atoms with Crippen LogP contribution in [-0.4, -0.2) is 67.7 Å². The lowest BCUT2D eigenvalue weighted by molar-refractivity contribution is -0.120. The maximum Gasteiger partial charge on any atom is 0.409 e. The summed E-state index contributed by atoms with van der Waals surface area (Å²) in [6.45, 7) is 9.15. The monoisotopic (exact) mass is 372 g/mol. The lowest BCUT2D eigenvalue weighted by Gasteiger charge is -2.34. The van der Waals surface area contributed by atoms with Crippen molar-refractivity contribution in [2.75, 3.05) is 50.8 Å². The minimum absolute atomic E-state index is 0.0279. The number of hydrogen-bond donors (Lipinski definition) is 0. The first-order valence-corrected chi connectivity index (χ1v) is 9.34. The first kappa shape index (κ1) is 20.7. The van der Waals surface area contributed by atoms with Gasteiger partial charge in [0.25, 0.3) is 0 Å². The van der Waals surface area contributed by atoms with Crippen LogP contribution in [0.1, 0.15) is 24.5 Å². The summed E-state index contributed by atoms with van der Waals surface area (Å²) in [6, 6.07) is 8.13. The van der Waals surface area contributed by atoms with E-state index in [9.17, 15) is 9.59 Å². The van der Waals surface area contributed by atoms with Crippen molar-refractivity contribution in [3.8, 4) is 6.07 Å². The zero-order valence-corrected chi connectivity index (χ0v) is 16.4. The summed E-state index contributed by atoms with van der Waals surface area (Å²) in [5, 5.41) is 8.95. The quantitative estimate of drug-likeness (QED) is 0.766. The van der Waals surface area contributed by atoms with Crippen LogP contribution in [0.15, 0.2) is 18.2 Å². The molecule has 1 aliphatic rings. The van der Waals surface area contributed by atoms with E-state index in [4.69, 9.17) is 10.00 Å². The Balaban J connectivity index is 2.00. The predicted molar refractivity (Wildman–Crippen MR) is 104 cm³/mol. The summed E-state index contributed by atoms with van der Waals surface area (Å²) in [5.41, 5.74) is 3.00. The number of rotatable bonds is 6. The van der Waals surface area contributed by atoms with Gasteiger partial charge in [-0.1, -0.05) is 6.07 Å². The first-order valence-electron chi connectivity index (χ1n) is 9.34. The van der Waals surface area contributed by atoms with Gasteiger partial charge in [-0.15, -0.1) is 0 Å². The molecule has 7 heteroatoms. The van der Waals surface area contributed by atoms with Gasteiger partial charge in [0.1, 0.15) is 0 Å². The second kappa shape index (κ2) is 9.93. The van der Waals surface area contributed by atoms with Gasteiger partial charge in [0.05, 0.1) is 25.6 Å². The van der Waals surface area contributed by atoms with E-state index in [2.05, 4.69) is 12.1 Å². The molecule has 1 aliphatic heterocycles. The number of ether oxygens (including phenoxy) is 1. The summed E-state index contributed by atoms with van der Waals surface area (Å²) in [6.07, 6.45) is -0.00982. The molecular weight excluding hydrogens is 344 g/mol. The molecule has 7 nitrogen and oxygen atoms in total. The van der Waals surface area contributed by atoms with Crippen LogP contribution >= 0.6 is 0 Å². The molecule has 0 bridgehead atoms. The zero-order chi connectivity index (χ0) is 19.8. The molecule has 2 amide bonds. The standard InChI is InChI=1S/C20H28N4O3/c1-4-27-20(26)23-10-8-22(9-11-23)15-19(25)24(7-5-6-21)18-13-16(2)12-17(3)14-18/h12-14H,4-5,7-11,15H2,1-3H3. The fraction of sp³-hybridized carbons (Fsp3) is 0.550. The molecule has 1 aromatic rings. The summed E-state index contributed by atoms with van der Waals surface area (Å²) in [5.74, 6) is -0.0279. The number of anilines is 1. The molecule has 0 atom stereocenters. The Morgan fingerprint density at radius 2 is 1.78 bits per heavy atom. The highest BCUT2D eigenvalue weighted by molar-refractivity contribution is 5.95. The molecule has 0 aliphatic carbocycles. The number of hydrogen-bond acceptors (Lipinski definition) is 5. The van der Waals surface area contributed by atoms with E-state index in [1.165, 1.54) is 0 Å². The van der Waals surface area contributed by atoms with Crippen LogP contribution in [0, 0.1) is 25.2 Å². The minimum Gasteiger partial charge on any atom is -0.450 e. The Labute approximate surface area is 161 Å². The number of amides is 2. The predicted octanol–water partition coefficient (Wildman–Crippen LogP) is 2.32. The van der Waals surface area contributed by atoms with Crippen LogP contribution in [0.3, 0.4) is 0 Å². The van der Waals surface area contributed by atoms with Crippen molar-refractivity contribution in [2.45, 2.75) is 27.2 Å². The van der Waals surface area contributed by atoms with Gasteiger partial charge in [-0.05, 0) is 44.0 Å². The van der Waals surface area contributed by atoms with Gasteiger partial charge in [0, 0.05) is 38.4 Å². The fourth-order valence-corrected chi connectivity index (χ4v) is 3.25. The van der Waals surface area contributed by atoms with E-state index >= 15 is 0 Å². The van der Waals surface area contributed by atoms with Crippen LogP contribution in [-0.2, 0) is 9.53 Å². The number of benzene rings is 1. The van der Waals surface area contributed by atoms with Gasteiger partial charge >= 0.3 is 6.09 Å². The van der Waals surface area contributed by atoms with Gasteiger partial charge in [-0.3, -0.25) is 9.69 Å². The van der Waals surface area contributed by atoms with Crippen molar-refractivity contribution in [1.82, 2.24) is 9.80 Å². The molecule has 0 N–H and O–H groups in total. The fourth-order valence-electron chi connectivity index (χ4n) is 3.25. The van der Waals surface area contributed by atoms with E-state index in [1.54, 1.807) is 16.7 Å². The third kappa shape index (κ3) is 5.97. The largest absolute Gasteiger partial charge is 0.450 e. The molecule has 0 aromatic heterocycles. The molecule has 1 aromatic carbocycles. The Kier molecular flexibility index (Phi) is 7.62. The maximum absolute atomic E-state index is 12.9. The van der Waals surface area contributed by atoms with Crippen LogP contribution in [0.5, 0.6) is 0 Å².